The minimum atomic E-state index is -0.226. The van der Waals surface area contributed by atoms with Crippen LogP contribution in [-0.2, 0) is 0 Å². The van der Waals surface area contributed by atoms with Crippen molar-refractivity contribution in [3.8, 4) is 5.75 Å². The molecule has 3 rings (SSSR count). The lowest BCUT2D eigenvalue weighted by Crippen LogP contribution is -2.36. The van der Waals surface area contributed by atoms with Crippen LogP contribution in [0.5, 0.6) is 5.75 Å². The van der Waals surface area contributed by atoms with E-state index < -0.39 is 0 Å². The number of hydrogen-bond donors (Lipinski definition) is 2. The van der Waals surface area contributed by atoms with Crippen molar-refractivity contribution in [2.45, 2.75) is 57.9 Å². The van der Waals surface area contributed by atoms with Crippen molar-refractivity contribution in [3.05, 3.63) is 59.7 Å². The van der Waals surface area contributed by atoms with E-state index in [2.05, 4.69) is 17.6 Å². The molecule has 0 radical (unpaired) electrons. The average molecular weight is 395 g/mol. The molecule has 5 heteroatoms. The van der Waals surface area contributed by atoms with Crippen molar-refractivity contribution in [1.29, 1.82) is 0 Å². The topological polar surface area (TPSA) is 67.4 Å². The first kappa shape index (κ1) is 20.9. The van der Waals surface area contributed by atoms with Gasteiger partial charge in [0.05, 0.1) is 6.61 Å². The van der Waals surface area contributed by atoms with Crippen molar-refractivity contribution < 1.29 is 14.3 Å². The summed E-state index contributed by atoms with van der Waals surface area (Å²) in [5.74, 6) is 0.377. The van der Waals surface area contributed by atoms with E-state index in [9.17, 15) is 9.59 Å². The highest BCUT2D eigenvalue weighted by molar-refractivity contribution is 6.05. The van der Waals surface area contributed by atoms with Crippen LogP contribution in [0.1, 0.15) is 72.6 Å². The summed E-state index contributed by atoms with van der Waals surface area (Å²) in [5.41, 5.74) is 1.68. The van der Waals surface area contributed by atoms with E-state index in [0.29, 0.717) is 29.2 Å². The maximum atomic E-state index is 12.6. The lowest BCUT2D eigenvalue weighted by Gasteiger charge is -2.22. The monoisotopic (exact) mass is 394 g/mol. The molecule has 1 aliphatic rings. The molecule has 2 aromatic rings. The first-order chi connectivity index (χ1) is 14.2. The molecule has 0 saturated heterocycles. The van der Waals surface area contributed by atoms with Crippen molar-refractivity contribution in [3.63, 3.8) is 0 Å². The number of carbonyl (C=O) groups is 2. The molecule has 0 heterocycles. The molecular formula is C24H30N2O3. The minimum Gasteiger partial charge on any atom is -0.494 e. The lowest BCUT2D eigenvalue weighted by atomic mass is 9.95. The van der Waals surface area contributed by atoms with E-state index in [4.69, 9.17) is 4.74 Å². The molecule has 29 heavy (non-hydrogen) atoms. The van der Waals surface area contributed by atoms with Gasteiger partial charge < -0.3 is 15.4 Å². The molecule has 2 N–H and O–H groups in total. The number of unbranched alkanes of at least 4 members (excludes halogenated alkanes) is 1. The van der Waals surface area contributed by atoms with Gasteiger partial charge in [0.2, 0.25) is 0 Å². The molecule has 0 aliphatic heterocycles. The Morgan fingerprint density at radius 2 is 1.69 bits per heavy atom. The number of amides is 2. The number of benzene rings is 2. The van der Waals surface area contributed by atoms with Crippen LogP contribution in [0.2, 0.25) is 0 Å². The zero-order valence-electron chi connectivity index (χ0n) is 17.1. The van der Waals surface area contributed by atoms with Gasteiger partial charge in [-0.15, -0.1) is 0 Å². The largest absolute Gasteiger partial charge is 0.494 e. The Balaban J connectivity index is 1.61. The highest BCUT2D eigenvalue weighted by atomic mass is 16.5. The Labute approximate surface area is 172 Å². The zero-order chi connectivity index (χ0) is 20.5. The summed E-state index contributed by atoms with van der Waals surface area (Å²) in [6.07, 6.45) is 7.71. The third-order valence-corrected chi connectivity index (χ3v) is 5.19. The standard InChI is InChI=1S/C24H30N2O3/c1-2-3-15-29-22-14-8-10-19(17-22)24(28)26-21-13-7-9-18(16-21)23(27)25-20-11-5-4-6-12-20/h7-10,13-14,16-17,20H,2-6,11-12,15H2,1H3,(H,25,27)(H,26,28). The summed E-state index contributed by atoms with van der Waals surface area (Å²) in [5, 5.41) is 5.99. The predicted molar refractivity (Wildman–Crippen MR) is 116 cm³/mol. The molecule has 0 atom stereocenters. The van der Waals surface area contributed by atoms with Crippen molar-refractivity contribution in [2.24, 2.45) is 0 Å². The Hall–Kier alpha value is -2.82. The fraction of sp³-hybridized carbons (Fsp3) is 0.417. The Morgan fingerprint density at radius 3 is 2.45 bits per heavy atom. The first-order valence-electron chi connectivity index (χ1n) is 10.6. The highest BCUT2D eigenvalue weighted by Crippen LogP contribution is 2.19. The van der Waals surface area contributed by atoms with Crippen LogP contribution in [0.3, 0.4) is 0 Å². The van der Waals surface area contributed by atoms with Gasteiger partial charge in [0.25, 0.3) is 11.8 Å². The van der Waals surface area contributed by atoms with E-state index >= 15 is 0 Å². The Morgan fingerprint density at radius 1 is 0.966 bits per heavy atom. The van der Waals surface area contributed by atoms with Gasteiger partial charge in [0, 0.05) is 22.9 Å². The molecule has 1 fully saturated rings. The molecular weight excluding hydrogens is 364 g/mol. The van der Waals surface area contributed by atoms with Gasteiger partial charge in [-0.3, -0.25) is 9.59 Å². The maximum absolute atomic E-state index is 12.6. The van der Waals surface area contributed by atoms with Crippen LogP contribution < -0.4 is 15.4 Å². The number of nitrogens with one attached hydrogen (secondary N) is 2. The molecule has 0 bridgehead atoms. The minimum absolute atomic E-state index is 0.0840. The fourth-order valence-electron chi connectivity index (χ4n) is 3.52. The number of hydrogen-bond acceptors (Lipinski definition) is 3. The second-order valence-corrected chi connectivity index (χ2v) is 7.57. The van der Waals surface area contributed by atoms with E-state index in [0.717, 1.165) is 25.7 Å². The van der Waals surface area contributed by atoms with Crippen LogP contribution in [0, 0.1) is 0 Å². The van der Waals surface area contributed by atoms with Crippen LogP contribution in [0.15, 0.2) is 48.5 Å². The van der Waals surface area contributed by atoms with Crippen molar-refractivity contribution in [1.82, 2.24) is 5.32 Å². The van der Waals surface area contributed by atoms with Crippen LogP contribution >= 0.6 is 0 Å². The molecule has 0 unspecified atom stereocenters. The summed E-state index contributed by atoms with van der Waals surface area (Å²) in [6, 6.07) is 14.5. The summed E-state index contributed by atoms with van der Waals surface area (Å²) in [6.45, 7) is 2.75. The molecule has 1 saturated carbocycles. The molecule has 1 aliphatic carbocycles. The smallest absolute Gasteiger partial charge is 0.255 e. The van der Waals surface area contributed by atoms with Crippen molar-refractivity contribution >= 4 is 17.5 Å². The van der Waals surface area contributed by atoms with Gasteiger partial charge in [-0.2, -0.15) is 0 Å². The van der Waals surface area contributed by atoms with E-state index in [1.807, 2.05) is 12.1 Å². The predicted octanol–water partition coefficient (Wildman–Crippen LogP) is 5.18. The molecule has 2 aromatic carbocycles. The molecule has 2 amide bonds. The van der Waals surface area contributed by atoms with E-state index in [-0.39, 0.29) is 17.9 Å². The molecule has 154 valence electrons. The number of ether oxygens (including phenoxy) is 1. The molecule has 5 nitrogen and oxygen atoms in total. The van der Waals surface area contributed by atoms with Gasteiger partial charge in [0.1, 0.15) is 5.75 Å². The Kier molecular flexibility index (Phi) is 7.68. The normalized spacial score (nSPS) is 14.2. The SMILES string of the molecule is CCCCOc1cccc(C(=O)Nc2cccc(C(=O)NC3CCCCC3)c2)c1. The van der Waals surface area contributed by atoms with Gasteiger partial charge >= 0.3 is 0 Å². The first-order valence-corrected chi connectivity index (χ1v) is 10.6. The van der Waals surface area contributed by atoms with Gasteiger partial charge in [0.15, 0.2) is 0 Å². The summed E-state index contributed by atoms with van der Waals surface area (Å²) < 4.78 is 5.68. The quantitative estimate of drug-likeness (QED) is 0.606. The lowest BCUT2D eigenvalue weighted by molar-refractivity contribution is 0.0926. The van der Waals surface area contributed by atoms with Gasteiger partial charge in [-0.25, -0.2) is 0 Å². The van der Waals surface area contributed by atoms with E-state index in [1.54, 1.807) is 36.4 Å². The number of anilines is 1. The van der Waals surface area contributed by atoms with Crippen molar-refractivity contribution in [2.75, 3.05) is 11.9 Å². The summed E-state index contributed by atoms with van der Waals surface area (Å²) in [7, 11) is 0. The second kappa shape index (κ2) is 10.6. The van der Waals surface area contributed by atoms with E-state index in [1.165, 1.54) is 19.3 Å². The number of rotatable bonds is 8. The van der Waals surface area contributed by atoms with Gasteiger partial charge in [-0.1, -0.05) is 44.7 Å². The second-order valence-electron chi connectivity index (χ2n) is 7.57. The summed E-state index contributed by atoms with van der Waals surface area (Å²) >= 11 is 0. The molecule has 0 spiro atoms. The van der Waals surface area contributed by atoms with Crippen LogP contribution in [-0.4, -0.2) is 24.5 Å². The zero-order valence-corrected chi connectivity index (χ0v) is 17.1. The Bertz CT molecular complexity index is 828. The van der Waals surface area contributed by atoms with Crippen LogP contribution in [0.25, 0.3) is 0 Å². The third-order valence-electron chi connectivity index (χ3n) is 5.19. The maximum Gasteiger partial charge on any atom is 0.255 e. The average Bonchev–Trinajstić information content (AvgIpc) is 2.75. The molecule has 0 aromatic heterocycles. The highest BCUT2D eigenvalue weighted by Gasteiger charge is 2.17. The van der Waals surface area contributed by atoms with Gasteiger partial charge in [-0.05, 0) is 55.7 Å². The van der Waals surface area contributed by atoms with Crippen LogP contribution in [0.4, 0.5) is 5.69 Å². The third kappa shape index (κ3) is 6.34. The summed E-state index contributed by atoms with van der Waals surface area (Å²) in [4.78, 5) is 25.2. The fourth-order valence-corrected chi connectivity index (χ4v) is 3.52. The number of carbonyl (C=O) groups excluding carboxylic acids is 2.